The van der Waals surface area contributed by atoms with Crippen LogP contribution in [0.1, 0.15) is 16.7 Å². The quantitative estimate of drug-likeness (QED) is 0.565. The molecule has 136 valence electrons. The molecule has 26 heavy (non-hydrogen) atoms. The second-order valence-electron chi connectivity index (χ2n) is 5.68. The van der Waals surface area contributed by atoms with Gasteiger partial charge in [0.15, 0.2) is 18.1 Å². The molecule has 2 aromatic rings. The van der Waals surface area contributed by atoms with E-state index in [9.17, 15) is 4.79 Å². The van der Waals surface area contributed by atoms with Crippen LogP contribution in [0.25, 0.3) is 0 Å². The number of amides is 1. The van der Waals surface area contributed by atoms with Gasteiger partial charge < -0.3 is 14.2 Å². The molecule has 0 fully saturated rings. The van der Waals surface area contributed by atoms with Gasteiger partial charge in [-0.3, -0.25) is 4.79 Å². The summed E-state index contributed by atoms with van der Waals surface area (Å²) in [6.45, 7) is 3.86. The highest BCUT2D eigenvalue weighted by molar-refractivity contribution is 9.10. The zero-order chi connectivity index (χ0) is 18.7. The van der Waals surface area contributed by atoms with Gasteiger partial charge in [0.2, 0.25) is 6.79 Å². The number of halogens is 2. The fourth-order valence-electron chi connectivity index (χ4n) is 2.50. The maximum atomic E-state index is 11.9. The first-order valence-electron chi connectivity index (χ1n) is 7.74. The topological polar surface area (TPSA) is 69.2 Å². The Kier molecular flexibility index (Phi) is 5.68. The van der Waals surface area contributed by atoms with E-state index >= 15 is 0 Å². The number of rotatable bonds is 5. The fourth-order valence-corrected chi connectivity index (χ4v) is 3.39. The minimum atomic E-state index is -0.375. The third-order valence-electron chi connectivity index (χ3n) is 3.66. The highest BCUT2D eigenvalue weighted by atomic mass is 79.9. The molecular weight excluding hydrogens is 424 g/mol. The van der Waals surface area contributed by atoms with Crippen LogP contribution in [0.3, 0.4) is 0 Å². The van der Waals surface area contributed by atoms with Crippen LogP contribution < -0.4 is 19.6 Å². The van der Waals surface area contributed by atoms with Crippen LogP contribution >= 0.6 is 27.5 Å². The SMILES string of the molecule is Cc1cc(Br)cc(C)c1OCC(=O)N/N=C\c1cc2c(cc1Cl)OCO2. The van der Waals surface area contributed by atoms with Crippen molar-refractivity contribution in [2.24, 2.45) is 5.10 Å². The number of carbonyl (C=O) groups excluding carboxylic acids is 1. The summed E-state index contributed by atoms with van der Waals surface area (Å²) in [5, 5.41) is 4.35. The molecule has 0 aromatic heterocycles. The molecule has 0 atom stereocenters. The number of nitrogens with one attached hydrogen (secondary N) is 1. The van der Waals surface area contributed by atoms with Crippen LogP contribution in [0.4, 0.5) is 0 Å². The summed E-state index contributed by atoms with van der Waals surface area (Å²) in [5.74, 6) is 1.49. The van der Waals surface area contributed by atoms with Crippen molar-refractivity contribution >= 4 is 39.7 Å². The van der Waals surface area contributed by atoms with E-state index in [1.165, 1.54) is 6.21 Å². The number of hydrogen-bond acceptors (Lipinski definition) is 5. The summed E-state index contributed by atoms with van der Waals surface area (Å²) < 4.78 is 17.1. The lowest BCUT2D eigenvalue weighted by atomic mass is 10.1. The average molecular weight is 440 g/mol. The Bertz CT molecular complexity index is 863. The van der Waals surface area contributed by atoms with Gasteiger partial charge >= 0.3 is 0 Å². The molecule has 1 heterocycles. The predicted molar refractivity (Wildman–Crippen MR) is 102 cm³/mol. The monoisotopic (exact) mass is 438 g/mol. The first kappa shape index (κ1) is 18.5. The molecule has 1 amide bonds. The number of benzene rings is 2. The molecule has 0 unspecified atom stereocenters. The summed E-state index contributed by atoms with van der Waals surface area (Å²) in [4.78, 5) is 11.9. The van der Waals surface area contributed by atoms with Crippen LogP contribution in [0.15, 0.2) is 33.8 Å². The molecule has 8 heteroatoms. The molecule has 1 aliphatic rings. The van der Waals surface area contributed by atoms with Gasteiger partial charge in [0.1, 0.15) is 5.75 Å². The van der Waals surface area contributed by atoms with Crippen LogP contribution in [0.5, 0.6) is 17.2 Å². The highest BCUT2D eigenvalue weighted by Crippen LogP contribution is 2.36. The van der Waals surface area contributed by atoms with E-state index in [1.807, 2.05) is 26.0 Å². The molecule has 0 saturated carbocycles. The van der Waals surface area contributed by atoms with Crippen molar-refractivity contribution in [2.75, 3.05) is 13.4 Å². The molecular formula is C18H16BrClN2O4. The summed E-state index contributed by atoms with van der Waals surface area (Å²) >= 11 is 9.57. The van der Waals surface area contributed by atoms with Crippen molar-refractivity contribution in [3.05, 3.63) is 50.5 Å². The van der Waals surface area contributed by atoms with Crippen molar-refractivity contribution < 1.29 is 19.0 Å². The van der Waals surface area contributed by atoms with Gasteiger partial charge in [0.25, 0.3) is 5.91 Å². The Hall–Kier alpha value is -2.25. The lowest BCUT2D eigenvalue weighted by Gasteiger charge is -2.11. The number of hydrazone groups is 1. The number of hydrogen-bond donors (Lipinski definition) is 1. The number of fused-ring (bicyclic) bond motifs is 1. The second-order valence-corrected chi connectivity index (χ2v) is 7.00. The summed E-state index contributed by atoms with van der Waals surface area (Å²) in [6.07, 6.45) is 1.44. The molecule has 6 nitrogen and oxygen atoms in total. The zero-order valence-corrected chi connectivity index (χ0v) is 16.5. The lowest BCUT2D eigenvalue weighted by molar-refractivity contribution is -0.123. The Balaban J connectivity index is 1.57. The van der Waals surface area contributed by atoms with Crippen LogP contribution in [0, 0.1) is 13.8 Å². The van der Waals surface area contributed by atoms with E-state index in [2.05, 4.69) is 26.5 Å². The standard InChI is InChI=1S/C18H16BrClN2O4/c1-10-3-13(19)4-11(2)18(10)24-8-17(23)22-21-7-12-5-15-16(6-14(12)20)26-9-25-15/h3-7H,8-9H2,1-2H3,(H,22,23)/b21-7-. The van der Waals surface area contributed by atoms with Crippen molar-refractivity contribution in [2.45, 2.75) is 13.8 Å². The fraction of sp³-hybridized carbons (Fsp3) is 0.222. The summed E-state index contributed by atoms with van der Waals surface area (Å²) in [6, 6.07) is 7.21. The molecule has 0 radical (unpaired) electrons. The van der Waals surface area contributed by atoms with Gasteiger partial charge in [-0.05, 0) is 43.2 Å². The maximum Gasteiger partial charge on any atom is 0.277 e. The minimum absolute atomic E-state index is 0.143. The predicted octanol–water partition coefficient (Wildman–Crippen LogP) is 3.98. The van der Waals surface area contributed by atoms with E-state index in [0.29, 0.717) is 27.8 Å². The zero-order valence-electron chi connectivity index (χ0n) is 14.1. The molecule has 0 aliphatic carbocycles. The van der Waals surface area contributed by atoms with Gasteiger partial charge in [-0.2, -0.15) is 5.10 Å². The summed E-state index contributed by atoms with van der Waals surface area (Å²) in [5.41, 5.74) is 4.91. The van der Waals surface area contributed by atoms with Gasteiger partial charge in [-0.25, -0.2) is 5.43 Å². The normalized spacial score (nSPS) is 12.5. The van der Waals surface area contributed by atoms with E-state index in [0.717, 1.165) is 15.6 Å². The molecule has 0 saturated heterocycles. The molecule has 0 bridgehead atoms. The Morgan fingerprint density at radius 1 is 1.27 bits per heavy atom. The molecule has 1 aliphatic heterocycles. The minimum Gasteiger partial charge on any atom is -0.483 e. The van der Waals surface area contributed by atoms with Crippen molar-refractivity contribution in [1.82, 2.24) is 5.43 Å². The lowest BCUT2D eigenvalue weighted by Crippen LogP contribution is -2.25. The van der Waals surface area contributed by atoms with Gasteiger partial charge in [-0.1, -0.05) is 27.5 Å². The third-order valence-corrected chi connectivity index (χ3v) is 4.44. The molecule has 2 aromatic carbocycles. The first-order chi connectivity index (χ1) is 12.4. The third kappa shape index (κ3) is 4.28. The first-order valence-corrected chi connectivity index (χ1v) is 8.91. The van der Waals surface area contributed by atoms with E-state index in [1.54, 1.807) is 12.1 Å². The largest absolute Gasteiger partial charge is 0.483 e. The highest BCUT2D eigenvalue weighted by Gasteiger charge is 2.15. The van der Waals surface area contributed by atoms with Crippen molar-refractivity contribution in [1.29, 1.82) is 0 Å². The van der Waals surface area contributed by atoms with E-state index < -0.39 is 0 Å². The average Bonchev–Trinajstić information content (AvgIpc) is 3.01. The number of carbonyl (C=O) groups is 1. The van der Waals surface area contributed by atoms with Gasteiger partial charge in [0, 0.05) is 16.1 Å². The van der Waals surface area contributed by atoms with Crippen LogP contribution in [-0.4, -0.2) is 25.5 Å². The Labute approximate surface area is 164 Å². The van der Waals surface area contributed by atoms with Crippen LogP contribution in [-0.2, 0) is 4.79 Å². The number of nitrogens with zero attached hydrogens (tertiary/aromatic N) is 1. The molecule has 1 N–H and O–H groups in total. The van der Waals surface area contributed by atoms with Crippen LogP contribution in [0.2, 0.25) is 5.02 Å². The second kappa shape index (κ2) is 7.97. The Morgan fingerprint density at radius 3 is 2.62 bits per heavy atom. The molecule has 0 spiro atoms. The van der Waals surface area contributed by atoms with E-state index in [-0.39, 0.29) is 19.3 Å². The Morgan fingerprint density at radius 2 is 1.92 bits per heavy atom. The van der Waals surface area contributed by atoms with Crippen molar-refractivity contribution in [3.63, 3.8) is 0 Å². The molecule has 3 rings (SSSR count). The smallest absolute Gasteiger partial charge is 0.277 e. The number of ether oxygens (including phenoxy) is 3. The van der Waals surface area contributed by atoms with Gasteiger partial charge in [-0.15, -0.1) is 0 Å². The van der Waals surface area contributed by atoms with E-state index in [4.69, 9.17) is 25.8 Å². The number of aryl methyl sites for hydroxylation is 2. The van der Waals surface area contributed by atoms with Gasteiger partial charge in [0.05, 0.1) is 11.2 Å². The maximum absolute atomic E-state index is 11.9. The summed E-state index contributed by atoms with van der Waals surface area (Å²) in [7, 11) is 0. The van der Waals surface area contributed by atoms with Crippen molar-refractivity contribution in [3.8, 4) is 17.2 Å².